The molecule has 4 fully saturated rings. The quantitative estimate of drug-likeness (QED) is 0.169. The van der Waals surface area contributed by atoms with Gasteiger partial charge in [0, 0.05) is 46.2 Å². The average Bonchev–Trinajstić information content (AvgIpc) is 3.44. The summed E-state index contributed by atoms with van der Waals surface area (Å²) < 4.78 is 2.21. The number of phenolic OH excluding ortho intramolecular Hbond substituents is 2. The molecule has 2 N–H and O–H groups in total. The number of hydrogen-bond donors (Lipinski definition) is 2. The van der Waals surface area contributed by atoms with E-state index in [0.29, 0.717) is 12.3 Å². The van der Waals surface area contributed by atoms with Crippen LogP contribution in [0, 0.1) is 31.6 Å². The standard InChI is InChI=1S/C46H49N3O2/c1-29-19-37(44(50)38(20-29)46-26-31-23-32(27-46)25-33(24-31)28-46)36-13-5-8-14-39(36)48(18-17-47(3)4)42-21-30(2)22-43(45(42)51)49-40-15-9-6-11-34(40)35-12-7-10-16-41(35)49/h5-16,19-22,31-33,50-51H,17-18,23-28H2,1-4H3. The number of rotatable bonds is 8. The zero-order chi connectivity index (χ0) is 35.0. The summed E-state index contributed by atoms with van der Waals surface area (Å²) in [5.41, 5.74) is 10.00. The summed E-state index contributed by atoms with van der Waals surface area (Å²) in [5.74, 6) is 3.06. The summed E-state index contributed by atoms with van der Waals surface area (Å²) in [6, 6.07) is 34.0. The molecule has 0 atom stereocenters. The van der Waals surface area contributed by atoms with Gasteiger partial charge in [0.15, 0.2) is 5.75 Å². The Kier molecular flexibility index (Phi) is 7.70. The minimum atomic E-state index is 0.0746. The van der Waals surface area contributed by atoms with Crippen LogP contribution in [0.15, 0.2) is 97.1 Å². The molecule has 0 spiro atoms. The van der Waals surface area contributed by atoms with Gasteiger partial charge in [-0.2, -0.15) is 0 Å². The van der Waals surface area contributed by atoms with Crippen molar-refractivity contribution in [1.82, 2.24) is 9.47 Å². The zero-order valence-electron chi connectivity index (χ0n) is 30.4. The van der Waals surface area contributed by atoms with E-state index in [9.17, 15) is 10.2 Å². The molecule has 0 amide bonds. The van der Waals surface area contributed by atoms with Crippen LogP contribution in [-0.4, -0.2) is 46.9 Å². The lowest BCUT2D eigenvalue weighted by Crippen LogP contribution is -2.48. The Labute approximate surface area is 301 Å². The molecule has 1 aromatic heterocycles. The Morgan fingerprint density at radius 3 is 1.82 bits per heavy atom. The zero-order valence-corrected chi connectivity index (χ0v) is 30.4. The first kappa shape index (κ1) is 32.2. The molecule has 0 aliphatic heterocycles. The van der Waals surface area contributed by atoms with Crippen molar-refractivity contribution in [3.05, 3.63) is 114 Å². The normalized spacial score (nSPS) is 22.4. The maximum Gasteiger partial charge on any atom is 0.163 e. The Hall–Kier alpha value is -4.74. The highest BCUT2D eigenvalue weighted by atomic mass is 16.3. The van der Waals surface area contributed by atoms with Crippen molar-refractivity contribution in [3.8, 4) is 28.3 Å². The van der Waals surface area contributed by atoms with Crippen LogP contribution in [0.5, 0.6) is 11.5 Å². The maximum atomic E-state index is 12.5. The van der Waals surface area contributed by atoms with E-state index in [1.807, 2.05) is 0 Å². The molecule has 4 aliphatic carbocycles. The third-order valence-electron chi connectivity index (χ3n) is 12.4. The fourth-order valence-corrected chi connectivity index (χ4v) is 10.7. The molecule has 0 radical (unpaired) electrons. The SMILES string of the molecule is Cc1cc(N(CCN(C)C)c2ccccc2-c2cc(C)cc(C34CC5CC(CC(C5)C3)C4)c2O)c(O)c(-n2c3ccccc3c3ccccc32)c1. The number of aromatic nitrogens is 1. The van der Waals surface area contributed by atoms with Gasteiger partial charge < -0.3 is 24.6 Å². The van der Waals surface area contributed by atoms with Crippen molar-refractivity contribution in [2.45, 2.75) is 57.8 Å². The molecule has 10 rings (SSSR count). The van der Waals surface area contributed by atoms with Gasteiger partial charge in [-0.25, -0.2) is 0 Å². The van der Waals surface area contributed by atoms with Crippen LogP contribution in [-0.2, 0) is 5.41 Å². The van der Waals surface area contributed by atoms with E-state index in [1.165, 1.54) is 49.7 Å². The summed E-state index contributed by atoms with van der Waals surface area (Å²) in [6.45, 7) is 5.73. The highest BCUT2D eigenvalue weighted by Crippen LogP contribution is 2.62. The smallest absolute Gasteiger partial charge is 0.163 e. The van der Waals surface area contributed by atoms with Crippen LogP contribution in [0.3, 0.4) is 0 Å². The second-order valence-electron chi connectivity index (χ2n) is 16.4. The molecule has 5 nitrogen and oxygen atoms in total. The molecule has 0 saturated heterocycles. The molecular formula is C46H49N3O2. The first-order valence-electron chi connectivity index (χ1n) is 18.9. The van der Waals surface area contributed by atoms with Crippen LogP contribution >= 0.6 is 0 Å². The Balaban J connectivity index is 1.22. The Morgan fingerprint density at radius 1 is 0.627 bits per heavy atom. The van der Waals surface area contributed by atoms with Crippen LogP contribution in [0.2, 0.25) is 0 Å². The first-order chi connectivity index (χ1) is 24.7. The predicted octanol–water partition coefficient (Wildman–Crippen LogP) is 10.6. The van der Waals surface area contributed by atoms with E-state index in [-0.39, 0.29) is 11.2 Å². The highest BCUT2D eigenvalue weighted by molar-refractivity contribution is 6.09. The lowest BCUT2D eigenvalue weighted by atomic mass is 9.48. The number of aryl methyl sites for hydroxylation is 2. The van der Waals surface area contributed by atoms with Gasteiger partial charge in [-0.3, -0.25) is 0 Å². The summed E-state index contributed by atoms with van der Waals surface area (Å²) >= 11 is 0. The number of phenols is 2. The summed E-state index contributed by atoms with van der Waals surface area (Å²) in [5, 5.41) is 27.2. The molecule has 0 unspecified atom stereocenters. The van der Waals surface area contributed by atoms with Crippen LogP contribution < -0.4 is 4.90 Å². The maximum absolute atomic E-state index is 12.5. The van der Waals surface area contributed by atoms with Gasteiger partial charge in [0.1, 0.15) is 5.75 Å². The second kappa shape index (κ2) is 12.2. The van der Waals surface area contributed by atoms with Gasteiger partial charge in [-0.15, -0.1) is 0 Å². The average molecular weight is 676 g/mol. The molecule has 5 aromatic carbocycles. The third kappa shape index (κ3) is 5.31. The highest BCUT2D eigenvalue weighted by Gasteiger charge is 2.52. The van der Waals surface area contributed by atoms with Crippen LogP contribution in [0.4, 0.5) is 11.4 Å². The minimum absolute atomic E-state index is 0.0746. The van der Waals surface area contributed by atoms with E-state index in [1.54, 1.807) is 0 Å². The van der Waals surface area contributed by atoms with Gasteiger partial charge in [0.05, 0.1) is 22.4 Å². The van der Waals surface area contributed by atoms with Crippen molar-refractivity contribution < 1.29 is 10.2 Å². The number of nitrogens with zero attached hydrogens (tertiary/aromatic N) is 3. The fourth-order valence-electron chi connectivity index (χ4n) is 10.7. The predicted molar refractivity (Wildman–Crippen MR) is 211 cm³/mol. The van der Waals surface area contributed by atoms with E-state index < -0.39 is 0 Å². The number of aromatic hydroxyl groups is 2. The molecule has 260 valence electrons. The van der Waals surface area contributed by atoms with Crippen LogP contribution in [0.25, 0.3) is 38.6 Å². The summed E-state index contributed by atoms with van der Waals surface area (Å²) in [6.07, 6.45) is 7.73. The van der Waals surface area contributed by atoms with E-state index >= 15 is 0 Å². The Morgan fingerprint density at radius 2 is 1.20 bits per heavy atom. The number of benzene rings is 5. The molecule has 51 heavy (non-hydrogen) atoms. The lowest BCUT2D eigenvalue weighted by molar-refractivity contribution is -0.00612. The molecule has 4 bridgehead atoms. The summed E-state index contributed by atoms with van der Waals surface area (Å²) in [7, 11) is 4.18. The molecule has 4 saturated carbocycles. The van der Waals surface area contributed by atoms with Crippen molar-refractivity contribution in [2.75, 3.05) is 32.1 Å². The number of para-hydroxylation sites is 3. The van der Waals surface area contributed by atoms with Gasteiger partial charge in [-0.05, 0) is 137 Å². The molecular weight excluding hydrogens is 627 g/mol. The van der Waals surface area contributed by atoms with Crippen LogP contribution in [0.1, 0.15) is 55.2 Å². The second-order valence-corrected chi connectivity index (χ2v) is 16.4. The first-order valence-corrected chi connectivity index (χ1v) is 18.9. The van der Waals surface area contributed by atoms with Crippen molar-refractivity contribution in [2.24, 2.45) is 17.8 Å². The molecule has 1 heterocycles. The van der Waals surface area contributed by atoms with Gasteiger partial charge >= 0.3 is 0 Å². The molecule has 5 heteroatoms. The summed E-state index contributed by atoms with van der Waals surface area (Å²) in [4.78, 5) is 4.45. The van der Waals surface area contributed by atoms with E-state index in [4.69, 9.17) is 0 Å². The number of fused-ring (bicyclic) bond motifs is 3. The lowest BCUT2D eigenvalue weighted by Gasteiger charge is -2.57. The third-order valence-corrected chi connectivity index (χ3v) is 12.4. The van der Waals surface area contributed by atoms with Gasteiger partial charge in [0.25, 0.3) is 0 Å². The molecule has 4 aliphatic rings. The van der Waals surface area contributed by atoms with Gasteiger partial charge in [0.2, 0.25) is 0 Å². The fraction of sp³-hybridized carbons (Fsp3) is 0.348. The van der Waals surface area contributed by atoms with E-state index in [2.05, 4.69) is 139 Å². The largest absolute Gasteiger partial charge is 0.507 e. The van der Waals surface area contributed by atoms with Crippen molar-refractivity contribution >= 4 is 33.2 Å². The monoisotopic (exact) mass is 675 g/mol. The Bertz CT molecular complexity index is 2210. The number of likely N-dealkylation sites (N-methyl/N-ethyl adjacent to an activating group) is 1. The minimum Gasteiger partial charge on any atom is -0.507 e. The van der Waals surface area contributed by atoms with Gasteiger partial charge in [-0.1, -0.05) is 60.7 Å². The molecule has 6 aromatic rings. The number of anilines is 2. The number of hydrogen-bond acceptors (Lipinski definition) is 4. The van der Waals surface area contributed by atoms with Crippen molar-refractivity contribution in [1.29, 1.82) is 0 Å². The van der Waals surface area contributed by atoms with Crippen molar-refractivity contribution in [3.63, 3.8) is 0 Å². The topological polar surface area (TPSA) is 51.9 Å². The van der Waals surface area contributed by atoms with E-state index in [0.717, 1.165) is 79.9 Å².